The van der Waals surface area contributed by atoms with Crippen molar-refractivity contribution in [2.75, 3.05) is 5.32 Å². The van der Waals surface area contributed by atoms with Gasteiger partial charge in [0.25, 0.3) is 5.91 Å². The summed E-state index contributed by atoms with van der Waals surface area (Å²) in [7, 11) is 0. The molecule has 0 radical (unpaired) electrons. The van der Waals surface area contributed by atoms with E-state index < -0.39 is 0 Å². The molecule has 0 spiro atoms. The summed E-state index contributed by atoms with van der Waals surface area (Å²) in [6, 6.07) is 12.3. The summed E-state index contributed by atoms with van der Waals surface area (Å²) in [6.07, 6.45) is 0. The second-order valence-corrected chi connectivity index (χ2v) is 5.64. The van der Waals surface area contributed by atoms with Crippen molar-refractivity contribution in [3.8, 4) is 0 Å². The Labute approximate surface area is 140 Å². The number of hydrogen-bond acceptors (Lipinski definition) is 2. The van der Waals surface area contributed by atoms with E-state index in [-0.39, 0.29) is 23.8 Å². The van der Waals surface area contributed by atoms with E-state index in [1.165, 1.54) is 24.3 Å². The van der Waals surface area contributed by atoms with Crippen molar-refractivity contribution in [1.29, 1.82) is 0 Å². The first kappa shape index (κ1) is 17.5. The molecule has 0 aliphatic heterocycles. The minimum Gasteiger partial charge on any atom is -0.348 e. The van der Waals surface area contributed by atoms with Crippen LogP contribution >= 0.6 is 0 Å². The summed E-state index contributed by atoms with van der Waals surface area (Å²) in [5, 5.41) is 8.22. The normalized spacial score (nSPS) is 10.3. The van der Waals surface area contributed by atoms with Crippen LogP contribution in [0.1, 0.15) is 29.8 Å². The summed E-state index contributed by atoms with van der Waals surface area (Å²) in [5.41, 5.74) is 1.96. The van der Waals surface area contributed by atoms with Gasteiger partial charge < -0.3 is 16.0 Å². The van der Waals surface area contributed by atoms with Gasteiger partial charge in [-0.1, -0.05) is 12.1 Å². The first-order chi connectivity index (χ1) is 11.4. The van der Waals surface area contributed by atoms with E-state index in [9.17, 15) is 14.0 Å². The van der Waals surface area contributed by atoms with Gasteiger partial charge in [0, 0.05) is 23.8 Å². The van der Waals surface area contributed by atoms with Gasteiger partial charge in [0.05, 0.1) is 0 Å². The van der Waals surface area contributed by atoms with Crippen molar-refractivity contribution in [2.24, 2.45) is 0 Å². The van der Waals surface area contributed by atoms with Crippen LogP contribution in [0.4, 0.5) is 14.9 Å². The monoisotopic (exact) mass is 329 g/mol. The van der Waals surface area contributed by atoms with Crippen LogP contribution in [0.2, 0.25) is 0 Å². The summed E-state index contributed by atoms with van der Waals surface area (Å²) in [6.45, 7) is 4.10. The second-order valence-electron chi connectivity index (χ2n) is 5.64. The fourth-order valence-electron chi connectivity index (χ4n) is 2.02. The average molecular weight is 329 g/mol. The lowest BCUT2D eigenvalue weighted by Crippen LogP contribution is -2.34. The van der Waals surface area contributed by atoms with Crippen LogP contribution < -0.4 is 16.0 Å². The van der Waals surface area contributed by atoms with Gasteiger partial charge >= 0.3 is 6.03 Å². The van der Waals surface area contributed by atoms with E-state index in [1.807, 2.05) is 26.0 Å². The molecule has 0 bridgehead atoms. The molecule has 0 aliphatic carbocycles. The largest absolute Gasteiger partial charge is 0.348 e. The molecule has 0 saturated carbocycles. The predicted molar refractivity (Wildman–Crippen MR) is 91.3 cm³/mol. The minimum atomic E-state index is -0.379. The van der Waals surface area contributed by atoms with E-state index >= 15 is 0 Å². The molecule has 0 heterocycles. The molecule has 0 aromatic heterocycles. The highest BCUT2D eigenvalue weighted by atomic mass is 19.1. The third-order valence-corrected chi connectivity index (χ3v) is 3.19. The first-order valence-electron chi connectivity index (χ1n) is 7.64. The lowest BCUT2D eigenvalue weighted by atomic mass is 10.2. The third kappa shape index (κ3) is 5.39. The fourth-order valence-corrected chi connectivity index (χ4v) is 2.02. The molecule has 5 nitrogen and oxygen atoms in total. The predicted octanol–water partition coefficient (Wildman–Crippen LogP) is 3.29. The number of benzene rings is 2. The Balaban J connectivity index is 1.86. The van der Waals surface area contributed by atoms with E-state index in [4.69, 9.17) is 0 Å². The maximum absolute atomic E-state index is 12.8. The topological polar surface area (TPSA) is 70.2 Å². The van der Waals surface area contributed by atoms with E-state index in [0.717, 1.165) is 5.56 Å². The Morgan fingerprint density at radius 3 is 2.21 bits per heavy atom. The van der Waals surface area contributed by atoms with Crippen LogP contribution in [-0.2, 0) is 6.54 Å². The summed E-state index contributed by atoms with van der Waals surface area (Å²) in [4.78, 5) is 23.5. The van der Waals surface area contributed by atoms with Crippen molar-refractivity contribution < 1.29 is 14.0 Å². The van der Waals surface area contributed by atoms with E-state index in [1.54, 1.807) is 12.1 Å². The van der Waals surface area contributed by atoms with Gasteiger partial charge in [-0.2, -0.15) is 0 Å². The van der Waals surface area contributed by atoms with Gasteiger partial charge in [-0.25, -0.2) is 9.18 Å². The highest BCUT2D eigenvalue weighted by Crippen LogP contribution is 2.10. The van der Waals surface area contributed by atoms with Crippen LogP contribution in [0, 0.1) is 5.82 Å². The number of anilines is 1. The molecule has 0 saturated heterocycles. The number of nitrogens with one attached hydrogen (secondary N) is 3. The molecule has 2 rings (SSSR count). The van der Waals surface area contributed by atoms with Crippen LogP contribution in [-0.4, -0.2) is 18.0 Å². The molecule has 3 N–H and O–H groups in total. The lowest BCUT2D eigenvalue weighted by Gasteiger charge is -2.11. The highest BCUT2D eigenvalue weighted by Gasteiger charge is 2.06. The molecule has 126 valence electrons. The summed E-state index contributed by atoms with van der Waals surface area (Å²) < 4.78 is 12.8. The zero-order valence-electron chi connectivity index (χ0n) is 13.6. The van der Waals surface area contributed by atoms with Gasteiger partial charge in [-0.3, -0.25) is 4.79 Å². The number of halogens is 1. The molecular weight excluding hydrogens is 309 g/mol. The van der Waals surface area contributed by atoms with Crippen molar-refractivity contribution in [1.82, 2.24) is 10.6 Å². The molecule has 24 heavy (non-hydrogen) atoms. The SMILES string of the molecule is CC(C)NC(=O)Nc1ccc(CNC(=O)c2ccc(F)cc2)cc1. The van der Waals surface area contributed by atoms with Crippen molar-refractivity contribution in [3.05, 3.63) is 65.5 Å². The fraction of sp³-hybridized carbons (Fsp3) is 0.222. The van der Waals surface area contributed by atoms with Crippen molar-refractivity contribution >= 4 is 17.6 Å². The average Bonchev–Trinajstić information content (AvgIpc) is 2.54. The van der Waals surface area contributed by atoms with Crippen LogP contribution in [0.3, 0.4) is 0 Å². The van der Waals surface area contributed by atoms with E-state index in [0.29, 0.717) is 17.8 Å². The van der Waals surface area contributed by atoms with Crippen LogP contribution in [0.15, 0.2) is 48.5 Å². The van der Waals surface area contributed by atoms with Crippen LogP contribution in [0.5, 0.6) is 0 Å². The molecular formula is C18H20FN3O2. The van der Waals surface area contributed by atoms with Crippen molar-refractivity contribution in [2.45, 2.75) is 26.4 Å². The summed E-state index contributed by atoms with van der Waals surface area (Å²) in [5.74, 6) is -0.648. The van der Waals surface area contributed by atoms with Gasteiger partial charge in [-0.15, -0.1) is 0 Å². The first-order valence-corrected chi connectivity index (χ1v) is 7.64. The zero-order valence-corrected chi connectivity index (χ0v) is 13.6. The Kier molecular flexibility index (Phi) is 5.89. The number of carbonyl (C=O) groups excluding carboxylic acids is 2. The number of carbonyl (C=O) groups is 2. The maximum Gasteiger partial charge on any atom is 0.319 e. The number of amides is 3. The number of urea groups is 1. The Hall–Kier alpha value is -2.89. The van der Waals surface area contributed by atoms with Gasteiger partial charge in [0.15, 0.2) is 0 Å². The molecule has 0 aliphatic rings. The van der Waals surface area contributed by atoms with Crippen LogP contribution in [0.25, 0.3) is 0 Å². The number of rotatable bonds is 5. The Morgan fingerprint density at radius 1 is 1.00 bits per heavy atom. The number of hydrogen-bond donors (Lipinski definition) is 3. The third-order valence-electron chi connectivity index (χ3n) is 3.19. The standard InChI is InChI=1S/C18H20FN3O2/c1-12(2)21-18(24)22-16-9-3-13(4-10-16)11-20-17(23)14-5-7-15(19)8-6-14/h3-10,12H,11H2,1-2H3,(H,20,23)(H2,21,22,24). The van der Waals surface area contributed by atoms with Gasteiger partial charge in [0.1, 0.15) is 5.82 Å². The molecule has 0 atom stereocenters. The molecule has 2 aromatic carbocycles. The lowest BCUT2D eigenvalue weighted by molar-refractivity contribution is 0.0951. The van der Waals surface area contributed by atoms with Gasteiger partial charge in [0.2, 0.25) is 0 Å². The Bertz CT molecular complexity index is 697. The quantitative estimate of drug-likeness (QED) is 0.788. The summed E-state index contributed by atoms with van der Waals surface area (Å²) >= 11 is 0. The Morgan fingerprint density at radius 2 is 1.62 bits per heavy atom. The smallest absolute Gasteiger partial charge is 0.319 e. The second kappa shape index (κ2) is 8.10. The highest BCUT2D eigenvalue weighted by molar-refractivity contribution is 5.94. The van der Waals surface area contributed by atoms with Crippen molar-refractivity contribution in [3.63, 3.8) is 0 Å². The minimum absolute atomic E-state index is 0.0611. The molecule has 3 amide bonds. The zero-order chi connectivity index (χ0) is 17.5. The molecule has 0 unspecified atom stereocenters. The molecule has 6 heteroatoms. The maximum atomic E-state index is 12.8. The molecule has 2 aromatic rings. The van der Waals surface area contributed by atoms with Gasteiger partial charge in [-0.05, 0) is 55.8 Å². The molecule has 0 fully saturated rings. The van der Waals surface area contributed by atoms with E-state index in [2.05, 4.69) is 16.0 Å².